The highest BCUT2D eigenvalue weighted by Crippen LogP contribution is 2.21. The van der Waals surface area contributed by atoms with E-state index in [1.807, 2.05) is 13.8 Å². The van der Waals surface area contributed by atoms with Crippen LogP contribution in [0.1, 0.15) is 13.8 Å². The van der Waals surface area contributed by atoms with E-state index < -0.39 is 11.1 Å². The molecule has 3 nitrogen and oxygen atoms in total. The van der Waals surface area contributed by atoms with Gasteiger partial charge in [0.15, 0.2) is 0 Å². The van der Waals surface area contributed by atoms with Crippen molar-refractivity contribution in [3.05, 3.63) is 24.3 Å². The zero-order valence-electron chi connectivity index (χ0n) is 7.52. The smallest absolute Gasteiger partial charge is 0.134 e. The van der Waals surface area contributed by atoms with Gasteiger partial charge in [-0.15, -0.1) is 0 Å². The van der Waals surface area contributed by atoms with Crippen molar-refractivity contribution >= 4 is 11.1 Å². The second-order valence-corrected chi connectivity index (χ2v) is 3.76. The Morgan fingerprint density at radius 1 is 1.38 bits per heavy atom. The van der Waals surface area contributed by atoms with Crippen molar-refractivity contribution in [2.75, 3.05) is 0 Å². The van der Waals surface area contributed by atoms with Crippen molar-refractivity contribution in [2.24, 2.45) is 0 Å². The fraction of sp³-hybridized carbons (Fsp3) is 0.333. The minimum absolute atomic E-state index is 0.0234. The molecule has 0 radical (unpaired) electrons. The number of ether oxygens (including phenoxy) is 1. The maximum atomic E-state index is 10.7. The van der Waals surface area contributed by atoms with Gasteiger partial charge in [-0.1, -0.05) is 12.1 Å². The molecule has 1 aromatic carbocycles. The molecule has 0 fully saturated rings. The summed E-state index contributed by atoms with van der Waals surface area (Å²) in [6, 6.07) is 6.57. The second kappa shape index (κ2) is 4.39. The third-order valence-corrected chi connectivity index (χ3v) is 2.09. The molecule has 0 heterocycles. The Hall–Kier alpha value is -0.870. The molecule has 1 aromatic rings. The van der Waals surface area contributed by atoms with Crippen molar-refractivity contribution < 1.29 is 13.5 Å². The molecular weight excluding hydrogens is 188 g/mol. The summed E-state index contributed by atoms with van der Waals surface area (Å²) in [5.41, 5.74) is 0. The number of hydrogen-bond donors (Lipinski definition) is 0. The summed E-state index contributed by atoms with van der Waals surface area (Å²) in [6.07, 6.45) is -0.0234. The normalized spacial score (nSPS) is 12.9. The quantitative estimate of drug-likeness (QED) is 0.696. The van der Waals surface area contributed by atoms with Gasteiger partial charge in [0.05, 0.1) is 11.0 Å². The van der Waals surface area contributed by atoms with Crippen molar-refractivity contribution in [1.29, 1.82) is 0 Å². The Bertz CT molecular complexity index is 309. The lowest BCUT2D eigenvalue weighted by Crippen LogP contribution is -2.07. The summed E-state index contributed by atoms with van der Waals surface area (Å²) >= 11 is -2.23. The molecule has 0 aliphatic heterocycles. The summed E-state index contributed by atoms with van der Waals surface area (Å²) in [6.45, 7) is 3.70. The molecule has 0 bridgehead atoms. The monoisotopic (exact) mass is 199 g/mol. The highest BCUT2D eigenvalue weighted by atomic mass is 32.2. The fourth-order valence-electron chi connectivity index (χ4n) is 0.939. The largest absolute Gasteiger partial charge is 0.768 e. The fourth-order valence-corrected chi connectivity index (χ4v) is 1.41. The minimum Gasteiger partial charge on any atom is -0.768 e. The van der Waals surface area contributed by atoms with Crippen LogP contribution < -0.4 is 4.74 Å². The zero-order valence-corrected chi connectivity index (χ0v) is 8.34. The van der Waals surface area contributed by atoms with Crippen LogP contribution in [0.5, 0.6) is 5.75 Å². The van der Waals surface area contributed by atoms with Crippen molar-refractivity contribution in [1.82, 2.24) is 0 Å². The number of benzene rings is 1. The molecule has 0 aromatic heterocycles. The molecule has 1 unspecified atom stereocenters. The molecule has 72 valence electrons. The van der Waals surface area contributed by atoms with Gasteiger partial charge in [0, 0.05) is 0 Å². The van der Waals surface area contributed by atoms with Gasteiger partial charge in [0.2, 0.25) is 0 Å². The zero-order chi connectivity index (χ0) is 9.84. The van der Waals surface area contributed by atoms with E-state index in [-0.39, 0.29) is 11.0 Å². The molecule has 0 N–H and O–H groups in total. The molecule has 1 atom stereocenters. The Morgan fingerprint density at radius 3 is 2.54 bits per heavy atom. The molecule has 0 amide bonds. The number of hydrogen-bond acceptors (Lipinski definition) is 3. The van der Waals surface area contributed by atoms with Crippen LogP contribution >= 0.6 is 0 Å². The predicted molar refractivity (Wildman–Crippen MR) is 49.4 cm³/mol. The van der Waals surface area contributed by atoms with Crippen LogP contribution in [0.3, 0.4) is 0 Å². The third kappa shape index (κ3) is 2.82. The van der Waals surface area contributed by atoms with Crippen LogP contribution in [-0.4, -0.2) is 14.9 Å². The van der Waals surface area contributed by atoms with Crippen molar-refractivity contribution in [3.63, 3.8) is 0 Å². The van der Waals surface area contributed by atoms with Crippen molar-refractivity contribution in [2.45, 2.75) is 24.8 Å². The van der Waals surface area contributed by atoms with Crippen LogP contribution in [0.4, 0.5) is 0 Å². The van der Waals surface area contributed by atoms with E-state index in [0.29, 0.717) is 5.75 Å². The molecule has 0 saturated carbocycles. The summed E-state index contributed by atoms with van der Waals surface area (Å²) in [7, 11) is 0. The minimum atomic E-state index is -2.23. The second-order valence-electron chi connectivity index (χ2n) is 2.85. The van der Waals surface area contributed by atoms with Gasteiger partial charge in [-0.25, -0.2) is 0 Å². The standard InChI is InChI=1S/C9H12O3S/c1-7(2)12-8-5-3-4-6-9(8)13(10)11/h3-7H,1-2H3,(H,10,11)/p-1. The lowest BCUT2D eigenvalue weighted by Gasteiger charge is -2.14. The summed E-state index contributed by atoms with van der Waals surface area (Å²) in [5, 5.41) is 0. The average Bonchev–Trinajstić information content (AvgIpc) is 2.03. The van der Waals surface area contributed by atoms with Gasteiger partial charge >= 0.3 is 0 Å². The van der Waals surface area contributed by atoms with Crippen LogP contribution in [0.15, 0.2) is 29.2 Å². The predicted octanol–water partition coefficient (Wildman–Crippen LogP) is 1.71. The van der Waals surface area contributed by atoms with E-state index in [1.54, 1.807) is 18.2 Å². The molecule has 0 aliphatic rings. The molecule has 0 spiro atoms. The third-order valence-electron chi connectivity index (χ3n) is 1.39. The lowest BCUT2D eigenvalue weighted by atomic mass is 10.3. The first-order chi connectivity index (χ1) is 6.11. The van der Waals surface area contributed by atoms with Crippen LogP contribution in [0, 0.1) is 0 Å². The SMILES string of the molecule is CC(C)Oc1ccccc1S(=O)[O-]. The van der Waals surface area contributed by atoms with Gasteiger partial charge in [0.1, 0.15) is 5.75 Å². The summed E-state index contributed by atoms with van der Waals surface area (Å²) < 4.78 is 26.8. The first-order valence-electron chi connectivity index (χ1n) is 3.96. The molecule has 13 heavy (non-hydrogen) atoms. The first-order valence-corrected chi connectivity index (χ1v) is 5.03. The maximum Gasteiger partial charge on any atom is 0.134 e. The van der Waals surface area contributed by atoms with E-state index in [2.05, 4.69) is 0 Å². The van der Waals surface area contributed by atoms with Gasteiger partial charge < -0.3 is 9.29 Å². The Morgan fingerprint density at radius 2 is 2.00 bits per heavy atom. The summed E-state index contributed by atoms with van der Waals surface area (Å²) in [5.74, 6) is 0.408. The Balaban J connectivity index is 2.98. The Kier molecular flexibility index (Phi) is 3.45. The van der Waals surface area contributed by atoms with Crippen LogP contribution in [-0.2, 0) is 11.1 Å². The van der Waals surface area contributed by atoms with Gasteiger partial charge in [-0.3, -0.25) is 4.21 Å². The van der Waals surface area contributed by atoms with Gasteiger partial charge in [0.25, 0.3) is 0 Å². The molecule has 1 rings (SSSR count). The average molecular weight is 199 g/mol. The van der Waals surface area contributed by atoms with Crippen molar-refractivity contribution in [3.8, 4) is 5.75 Å². The van der Waals surface area contributed by atoms with E-state index in [9.17, 15) is 8.76 Å². The highest BCUT2D eigenvalue weighted by Gasteiger charge is 2.04. The molecule has 0 saturated heterocycles. The highest BCUT2D eigenvalue weighted by molar-refractivity contribution is 7.79. The van der Waals surface area contributed by atoms with E-state index in [1.165, 1.54) is 6.07 Å². The van der Waals surface area contributed by atoms with E-state index in [4.69, 9.17) is 4.74 Å². The van der Waals surface area contributed by atoms with E-state index >= 15 is 0 Å². The van der Waals surface area contributed by atoms with Crippen LogP contribution in [0.25, 0.3) is 0 Å². The van der Waals surface area contributed by atoms with E-state index in [0.717, 1.165) is 0 Å². The van der Waals surface area contributed by atoms with Gasteiger partial charge in [-0.2, -0.15) is 0 Å². The topological polar surface area (TPSA) is 49.4 Å². The number of para-hydroxylation sites is 1. The van der Waals surface area contributed by atoms with Gasteiger partial charge in [-0.05, 0) is 37.1 Å². The van der Waals surface area contributed by atoms with Crippen LogP contribution in [0.2, 0.25) is 0 Å². The summed E-state index contributed by atoms with van der Waals surface area (Å²) in [4.78, 5) is 0.205. The molecule has 0 aliphatic carbocycles. The molecule has 4 heteroatoms. The first kappa shape index (κ1) is 10.2. The maximum absolute atomic E-state index is 10.7. The Labute approximate surface area is 80.0 Å². The number of rotatable bonds is 3. The lowest BCUT2D eigenvalue weighted by molar-refractivity contribution is 0.236. The molecular formula is C9H11O3S-.